The molecule has 2 aromatic carbocycles. The van der Waals surface area contributed by atoms with E-state index in [-0.39, 0.29) is 18.6 Å². The first-order valence-corrected chi connectivity index (χ1v) is 10.7. The summed E-state index contributed by atoms with van der Waals surface area (Å²) in [5.41, 5.74) is 5.19. The van der Waals surface area contributed by atoms with Gasteiger partial charge >= 0.3 is 11.9 Å². The minimum absolute atomic E-state index is 0.00511. The maximum Gasteiger partial charge on any atom is 0.333 e. The van der Waals surface area contributed by atoms with Crippen molar-refractivity contribution < 1.29 is 19.1 Å². The number of nitrogens with one attached hydrogen (secondary N) is 1. The fourth-order valence-electron chi connectivity index (χ4n) is 3.27. The Labute approximate surface area is 194 Å². The minimum Gasteiger partial charge on any atom is -0.459 e. The molecule has 0 bridgehead atoms. The molecule has 0 spiro atoms. The van der Waals surface area contributed by atoms with Crippen LogP contribution in [0, 0.1) is 0 Å². The van der Waals surface area contributed by atoms with Gasteiger partial charge in [-0.2, -0.15) is 0 Å². The number of anilines is 1. The third-order valence-electron chi connectivity index (χ3n) is 5.18. The Kier molecular flexibility index (Phi) is 7.61. The molecule has 33 heavy (non-hydrogen) atoms. The molecule has 0 unspecified atom stereocenters. The molecule has 1 N–H and O–H groups in total. The largest absolute Gasteiger partial charge is 0.459 e. The molecule has 6 nitrogen and oxygen atoms in total. The average molecular weight is 445 g/mol. The van der Waals surface area contributed by atoms with Crippen molar-refractivity contribution in [2.45, 2.75) is 26.2 Å². The zero-order valence-electron chi connectivity index (χ0n) is 19.1. The maximum absolute atomic E-state index is 11.8. The van der Waals surface area contributed by atoms with Crippen LogP contribution in [0.3, 0.4) is 0 Å². The third kappa shape index (κ3) is 6.29. The van der Waals surface area contributed by atoms with Crippen molar-refractivity contribution >= 4 is 35.1 Å². The molecule has 0 aliphatic carbocycles. The minimum atomic E-state index is -0.507. The number of hydrogen-bond acceptors (Lipinski definition) is 6. The maximum atomic E-state index is 11.8. The lowest BCUT2D eigenvalue weighted by atomic mass is 9.81. The molecule has 0 saturated carbocycles. The molecule has 0 radical (unpaired) electrons. The Morgan fingerprint density at radius 1 is 1.03 bits per heavy atom. The normalized spacial score (nSPS) is 14.1. The highest BCUT2D eigenvalue weighted by Crippen LogP contribution is 2.39. The van der Waals surface area contributed by atoms with E-state index in [1.165, 1.54) is 11.6 Å². The van der Waals surface area contributed by atoms with Gasteiger partial charge < -0.3 is 14.8 Å². The van der Waals surface area contributed by atoms with Gasteiger partial charge in [0.1, 0.15) is 13.2 Å². The highest BCUT2D eigenvalue weighted by Gasteiger charge is 2.32. The van der Waals surface area contributed by atoms with E-state index >= 15 is 0 Å². The Balaban J connectivity index is 1.46. The second-order valence-electron chi connectivity index (χ2n) is 8.16. The number of nitrogens with zero attached hydrogens (tertiary/aromatic N) is 1. The Hall–Kier alpha value is -3.93. The number of fused-ring (bicyclic) bond motifs is 1. The summed E-state index contributed by atoms with van der Waals surface area (Å²) in [6, 6.07) is 15.8. The monoisotopic (exact) mass is 444 g/mol. The van der Waals surface area contributed by atoms with E-state index in [0.29, 0.717) is 5.57 Å². The molecule has 1 aliphatic rings. The Morgan fingerprint density at radius 2 is 1.73 bits per heavy atom. The molecule has 1 heterocycles. The van der Waals surface area contributed by atoms with Crippen molar-refractivity contribution in [1.82, 2.24) is 0 Å². The van der Waals surface area contributed by atoms with Gasteiger partial charge in [0.15, 0.2) is 0 Å². The van der Waals surface area contributed by atoms with Crippen molar-refractivity contribution in [3.8, 4) is 0 Å². The predicted molar refractivity (Wildman–Crippen MR) is 132 cm³/mol. The van der Waals surface area contributed by atoms with Crippen LogP contribution in [0.25, 0.3) is 6.08 Å². The van der Waals surface area contributed by atoms with Crippen LogP contribution in [0.4, 0.5) is 11.4 Å². The highest BCUT2D eigenvalue weighted by atomic mass is 16.6. The van der Waals surface area contributed by atoms with Gasteiger partial charge in [-0.25, -0.2) is 9.59 Å². The zero-order chi connectivity index (χ0) is 23.8. The van der Waals surface area contributed by atoms with Crippen LogP contribution < -0.4 is 5.32 Å². The molecular weight excluding hydrogens is 416 g/mol. The van der Waals surface area contributed by atoms with Crippen LogP contribution >= 0.6 is 0 Å². The van der Waals surface area contributed by atoms with Gasteiger partial charge in [-0.3, -0.25) is 4.99 Å². The van der Waals surface area contributed by atoms with E-state index in [1.54, 1.807) is 13.0 Å². The smallest absolute Gasteiger partial charge is 0.333 e. The molecule has 0 fully saturated rings. The average Bonchev–Trinajstić information content (AvgIpc) is 3.06. The molecule has 0 aromatic heterocycles. The lowest BCUT2D eigenvalue weighted by Gasteiger charge is -2.20. The first-order chi connectivity index (χ1) is 15.8. The van der Waals surface area contributed by atoms with Crippen molar-refractivity contribution in [1.29, 1.82) is 0 Å². The van der Waals surface area contributed by atoms with Crippen molar-refractivity contribution in [2.24, 2.45) is 4.99 Å². The molecule has 2 aromatic rings. The zero-order valence-corrected chi connectivity index (χ0v) is 19.1. The number of esters is 2. The fraction of sp³-hybridized carbons (Fsp3) is 0.222. The Bertz CT molecular complexity index is 1130. The Morgan fingerprint density at radius 3 is 2.42 bits per heavy atom. The van der Waals surface area contributed by atoms with Gasteiger partial charge in [0.05, 0.1) is 11.4 Å². The van der Waals surface area contributed by atoms with E-state index in [2.05, 4.69) is 31.8 Å². The summed E-state index contributed by atoms with van der Waals surface area (Å²) in [5, 5.41) is 3.25. The van der Waals surface area contributed by atoms with Gasteiger partial charge in [-0.15, -0.1) is 0 Å². The summed E-state index contributed by atoms with van der Waals surface area (Å²) >= 11 is 0. The number of benzene rings is 2. The second kappa shape index (κ2) is 10.6. The van der Waals surface area contributed by atoms with Crippen LogP contribution in [0.5, 0.6) is 0 Å². The summed E-state index contributed by atoms with van der Waals surface area (Å²) in [6.07, 6.45) is 6.88. The molecular formula is C27H28N2O4. The molecule has 3 rings (SSSR count). The number of rotatable bonds is 9. The van der Waals surface area contributed by atoms with E-state index < -0.39 is 11.9 Å². The number of para-hydroxylation sites is 1. The van der Waals surface area contributed by atoms with Crippen LogP contribution in [0.15, 0.2) is 84.0 Å². The van der Waals surface area contributed by atoms with Crippen LogP contribution in [-0.4, -0.2) is 30.9 Å². The van der Waals surface area contributed by atoms with Crippen molar-refractivity contribution in [2.75, 3.05) is 18.5 Å². The third-order valence-corrected chi connectivity index (χ3v) is 5.18. The number of carbonyl (C=O) groups excluding carboxylic acids is 2. The molecule has 170 valence electrons. The van der Waals surface area contributed by atoms with Crippen molar-refractivity contribution in [3.05, 3.63) is 90.2 Å². The van der Waals surface area contributed by atoms with Crippen LogP contribution in [0.2, 0.25) is 0 Å². The number of hydrogen-bond donors (Lipinski definition) is 1. The summed E-state index contributed by atoms with van der Waals surface area (Å²) in [7, 11) is 0. The second-order valence-corrected chi connectivity index (χ2v) is 8.16. The van der Waals surface area contributed by atoms with Gasteiger partial charge in [-0.1, -0.05) is 50.8 Å². The number of ether oxygens (including phenoxy) is 2. The van der Waals surface area contributed by atoms with Gasteiger partial charge in [0.2, 0.25) is 0 Å². The highest BCUT2D eigenvalue weighted by molar-refractivity contribution is 6.08. The molecule has 1 aliphatic heterocycles. The van der Waals surface area contributed by atoms with Crippen LogP contribution in [0.1, 0.15) is 31.9 Å². The quantitative estimate of drug-likeness (QED) is 0.320. The number of aliphatic imine (C=N–C) groups is 1. The lowest BCUT2D eigenvalue weighted by molar-refractivity contribution is -0.146. The summed E-state index contributed by atoms with van der Waals surface area (Å²) in [6.45, 7) is 9.36. The van der Waals surface area contributed by atoms with E-state index in [1.807, 2.05) is 54.7 Å². The first kappa shape index (κ1) is 23.7. The summed E-state index contributed by atoms with van der Waals surface area (Å²) < 4.78 is 9.86. The fourth-order valence-corrected chi connectivity index (χ4v) is 3.27. The van der Waals surface area contributed by atoms with Gasteiger partial charge in [0.25, 0.3) is 0 Å². The standard InChI is InChI=1S/C27H28N2O4/c1-19(2)26(31)33-18-17-32-25(30)14-11-20-9-12-21(13-10-20)28-16-15-24-27(3,4)22-7-5-6-8-23(22)29-24/h5-16,28H,1,17-18H2,2-4H3/b14-11+,16-15+. The molecule has 0 amide bonds. The van der Waals surface area contributed by atoms with Gasteiger partial charge in [-0.05, 0) is 48.4 Å². The first-order valence-electron chi connectivity index (χ1n) is 10.7. The number of allylic oxidation sites excluding steroid dienone is 1. The summed E-state index contributed by atoms with van der Waals surface area (Å²) in [5.74, 6) is -1.01. The number of carbonyl (C=O) groups is 2. The van der Waals surface area contributed by atoms with Gasteiger partial charge in [0, 0.05) is 29.0 Å². The topological polar surface area (TPSA) is 77.0 Å². The van der Waals surface area contributed by atoms with E-state index in [0.717, 1.165) is 22.6 Å². The SMILES string of the molecule is C=C(C)C(=O)OCCOC(=O)/C=C/c1ccc(N/C=C/C2=Nc3ccccc3C2(C)C)cc1. The molecule has 0 saturated heterocycles. The predicted octanol–water partition coefficient (Wildman–Crippen LogP) is 5.35. The van der Waals surface area contributed by atoms with E-state index in [4.69, 9.17) is 14.5 Å². The van der Waals surface area contributed by atoms with Crippen LogP contribution in [-0.2, 0) is 24.5 Å². The van der Waals surface area contributed by atoms with E-state index in [9.17, 15) is 9.59 Å². The van der Waals surface area contributed by atoms with Crippen molar-refractivity contribution in [3.63, 3.8) is 0 Å². The molecule has 6 heteroatoms. The lowest BCUT2D eigenvalue weighted by Crippen LogP contribution is -2.23. The summed E-state index contributed by atoms with van der Waals surface area (Å²) in [4.78, 5) is 27.7. The molecule has 0 atom stereocenters.